The first kappa shape index (κ1) is 22.8. The van der Waals surface area contributed by atoms with Gasteiger partial charge in [0.15, 0.2) is 12.4 Å². The predicted octanol–water partition coefficient (Wildman–Crippen LogP) is 2.27. The summed E-state index contributed by atoms with van der Waals surface area (Å²) in [5, 5.41) is 13.8. The van der Waals surface area contributed by atoms with Crippen molar-refractivity contribution in [1.82, 2.24) is 30.6 Å². The summed E-state index contributed by atoms with van der Waals surface area (Å²) < 4.78 is 12.9. The number of aryl methyl sites for hydroxylation is 2. The van der Waals surface area contributed by atoms with Crippen molar-refractivity contribution in [2.45, 2.75) is 20.4 Å². The van der Waals surface area contributed by atoms with E-state index < -0.39 is 5.91 Å². The molecule has 0 atom stereocenters. The lowest BCUT2D eigenvalue weighted by Crippen LogP contribution is -2.36. The molecule has 0 aliphatic heterocycles. The van der Waals surface area contributed by atoms with Crippen molar-refractivity contribution >= 4 is 39.3 Å². The van der Waals surface area contributed by atoms with Crippen LogP contribution in [0.2, 0.25) is 5.02 Å². The second-order valence-electron chi connectivity index (χ2n) is 6.64. The number of carbonyl (C=O) groups excluding carboxylic acids is 2. The van der Waals surface area contributed by atoms with Crippen molar-refractivity contribution < 1.29 is 18.8 Å². The normalized spacial score (nSPS) is 10.7. The van der Waals surface area contributed by atoms with E-state index in [1.54, 1.807) is 29.2 Å². The second kappa shape index (κ2) is 10.4. The Balaban J connectivity index is 1.36. The lowest BCUT2D eigenvalue weighted by molar-refractivity contribution is -0.123. The van der Waals surface area contributed by atoms with E-state index in [-0.39, 0.29) is 38.0 Å². The van der Waals surface area contributed by atoms with E-state index in [4.69, 9.17) is 20.9 Å². The molecular formula is C19H20BrClN6O4. The molecule has 164 valence electrons. The molecule has 2 heterocycles. The number of nitrogens with zero attached hydrogens (tertiary/aromatic N) is 4. The molecule has 3 aromatic rings. The van der Waals surface area contributed by atoms with Crippen LogP contribution < -0.4 is 15.4 Å². The first-order valence-corrected chi connectivity index (χ1v) is 10.4. The first-order chi connectivity index (χ1) is 14.8. The summed E-state index contributed by atoms with van der Waals surface area (Å²) in [5.41, 5.74) is 1.75. The lowest BCUT2D eigenvalue weighted by atomic mass is 10.1. The minimum Gasteiger partial charge on any atom is -0.484 e. The van der Waals surface area contributed by atoms with Gasteiger partial charge >= 0.3 is 11.8 Å². The third-order valence-electron chi connectivity index (χ3n) is 4.08. The van der Waals surface area contributed by atoms with Crippen LogP contribution >= 0.6 is 27.5 Å². The second-order valence-corrected chi connectivity index (χ2v) is 7.93. The number of hydrogen-bond donors (Lipinski definition) is 2. The molecule has 2 amide bonds. The zero-order valence-electron chi connectivity index (χ0n) is 16.8. The summed E-state index contributed by atoms with van der Waals surface area (Å²) in [6.07, 6.45) is 3.38. The summed E-state index contributed by atoms with van der Waals surface area (Å²) in [6.45, 7) is 4.26. The predicted molar refractivity (Wildman–Crippen MR) is 115 cm³/mol. The molecule has 12 heteroatoms. The van der Waals surface area contributed by atoms with Crippen LogP contribution in [0.15, 0.2) is 33.5 Å². The fourth-order valence-electron chi connectivity index (χ4n) is 2.62. The number of aromatic nitrogens is 4. The zero-order chi connectivity index (χ0) is 22.4. The van der Waals surface area contributed by atoms with Crippen LogP contribution in [0.5, 0.6) is 5.75 Å². The molecule has 3 rings (SSSR count). The Morgan fingerprint density at radius 3 is 2.61 bits per heavy atom. The molecule has 0 aliphatic rings. The van der Waals surface area contributed by atoms with Gasteiger partial charge in [-0.2, -0.15) is 10.1 Å². The Bertz CT molecular complexity index is 1060. The summed E-state index contributed by atoms with van der Waals surface area (Å²) in [7, 11) is 0. The zero-order valence-corrected chi connectivity index (χ0v) is 19.2. The van der Waals surface area contributed by atoms with Gasteiger partial charge < -0.3 is 19.9 Å². The van der Waals surface area contributed by atoms with Crippen LogP contribution in [0.3, 0.4) is 0 Å². The van der Waals surface area contributed by atoms with Gasteiger partial charge in [0.05, 0.1) is 10.7 Å². The minimum atomic E-state index is -0.530. The molecule has 10 nitrogen and oxygen atoms in total. The van der Waals surface area contributed by atoms with Gasteiger partial charge in [-0.25, -0.2) is 0 Å². The van der Waals surface area contributed by atoms with Crippen LogP contribution in [0, 0.1) is 13.8 Å². The summed E-state index contributed by atoms with van der Waals surface area (Å²) >= 11 is 9.41. The maximum atomic E-state index is 12.1. The number of benzene rings is 1. The average Bonchev–Trinajstić information content (AvgIpc) is 3.36. The van der Waals surface area contributed by atoms with E-state index >= 15 is 0 Å². The quantitative estimate of drug-likeness (QED) is 0.422. The molecule has 0 aliphatic carbocycles. The highest BCUT2D eigenvalue weighted by atomic mass is 79.9. The molecule has 0 fully saturated rings. The van der Waals surface area contributed by atoms with E-state index in [0.717, 1.165) is 15.6 Å². The van der Waals surface area contributed by atoms with Gasteiger partial charge in [-0.05, 0) is 53.0 Å². The SMILES string of the molecule is Cc1cc(OCC(=O)NCCNC(=O)c2nc(Cn3cc(Br)cn3)no2)cc(C)c1Cl. The minimum absolute atomic E-state index is 0.148. The van der Waals surface area contributed by atoms with Crippen molar-refractivity contribution in [3.8, 4) is 5.75 Å². The molecule has 0 saturated carbocycles. The maximum Gasteiger partial charge on any atom is 0.316 e. The average molecular weight is 512 g/mol. The number of rotatable bonds is 9. The summed E-state index contributed by atoms with van der Waals surface area (Å²) in [5.74, 6) is -0.122. The van der Waals surface area contributed by atoms with Crippen molar-refractivity contribution in [1.29, 1.82) is 0 Å². The lowest BCUT2D eigenvalue weighted by Gasteiger charge is -2.10. The molecule has 0 unspecified atom stereocenters. The summed E-state index contributed by atoms with van der Waals surface area (Å²) in [6, 6.07) is 3.54. The van der Waals surface area contributed by atoms with Gasteiger partial charge in [-0.3, -0.25) is 14.3 Å². The number of carbonyl (C=O) groups is 2. The highest BCUT2D eigenvalue weighted by molar-refractivity contribution is 9.10. The van der Waals surface area contributed by atoms with E-state index in [1.807, 2.05) is 13.8 Å². The van der Waals surface area contributed by atoms with E-state index in [2.05, 4.69) is 41.8 Å². The van der Waals surface area contributed by atoms with Gasteiger partial charge in [0.25, 0.3) is 5.91 Å². The van der Waals surface area contributed by atoms with Crippen molar-refractivity contribution in [2.75, 3.05) is 19.7 Å². The molecule has 0 radical (unpaired) electrons. The number of amides is 2. The monoisotopic (exact) mass is 510 g/mol. The van der Waals surface area contributed by atoms with Gasteiger partial charge in [0, 0.05) is 24.3 Å². The van der Waals surface area contributed by atoms with E-state index in [1.165, 1.54) is 0 Å². The Labute approximate surface area is 191 Å². The van der Waals surface area contributed by atoms with Crippen molar-refractivity contribution in [3.63, 3.8) is 0 Å². The molecule has 2 N–H and O–H groups in total. The molecule has 0 bridgehead atoms. The third kappa shape index (κ3) is 6.53. The molecule has 0 spiro atoms. The van der Waals surface area contributed by atoms with Gasteiger partial charge in [0.1, 0.15) is 12.3 Å². The summed E-state index contributed by atoms with van der Waals surface area (Å²) in [4.78, 5) is 28.0. The van der Waals surface area contributed by atoms with Gasteiger partial charge in [0.2, 0.25) is 0 Å². The van der Waals surface area contributed by atoms with Crippen molar-refractivity contribution in [2.24, 2.45) is 0 Å². The van der Waals surface area contributed by atoms with E-state index in [0.29, 0.717) is 16.6 Å². The Kier molecular flexibility index (Phi) is 7.64. The topological polar surface area (TPSA) is 124 Å². The fourth-order valence-corrected chi connectivity index (χ4v) is 3.06. The molecule has 2 aromatic heterocycles. The van der Waals surface area contributed by atoms with E-state index in [9.17, 15) is 9.59 Å². The van der Waals surface area contributed by atoms with Crippen LogP contribution in [0.25, 0.3) is 0 Å². The van der Waals surface area contributed by atoms with Crippen LogP contribution in [-0.4, -0.2) is 51.4 Å². The smallest absolute Gasteiger partial charge is 0.316 e. The Morgan fingerprint density at radius 1 is 1.23 bits per heavy atom. The third-order valence-corrected chi connectivity index (χ3v) is 5.09. The number of halogens is 2. The molecular weight excluding hydrogens is 492 g/mol. The number of hydrogen-bond acceptors (Lipinski definition) is 7. The maximum absolute atomic E-state index is 12.1. The Hall–Kier alpha value is -2.92. The highest BCUT2D eigenvalue weighted by Gasteiger charge is 2.15. The number of nitrogens with one attached hydrogen (secondary N) is 2. The largest absolute Gasteiger partial charge is 0.484 e. The van der Waals surface area contributed by atoms with Crippen LogP contribution in [0.4, 0.5) is 0 Å². The van der Waals surface area contributed by atoms with Gasteiger partial charge in [-0.15, -0.1) is 0 Å². The van der Waals surface area contributed by atoms with Crippen LogP contribution in [-0.2, 0) is 11.3 Å². The molecule has 0 saturated heterocycles. The van der Waals surface area contributed by atoms with Crippen molar-refractivity contribution in [3.05, 3.63) is 56.9 Å². The number of ether oxygens (including phenoxy) is 1. The highest BCUT2D eigenvalue weighted by Crippen LogP contribution is 2.25. The fraction of sp³-hybridized carbons (Fsp3) is 0.316. The first-order valence-electron chi connectivity index (χ1n) is 9.27. The van der Waals surface area contributed by atoms with Crippen LogP contribution in [0.1, 0.15) is 27.6 Å². The molecule has 31 heavy (non-hydrogen) atoms. The Morgan fingerprint density at radius 2 is 1.94 bits per heavy atom. The van der Waals surface area contributed by atoms with Gasteiger partial charge in [-0.1, -0.05) is 16.8 Å². The standard InChI is InChI=1S/C19H20BrClN6O4/c1-11-5-14(6-12(2)17(11)21)30-10-16(28)22-3-4-23-18(29)19-25-15(26-31-19)9-27-8-13(20)7-24-27/h5-8H,3-4,9-10H2,1-2H3,(H,22,28)(H,23,29). The molecule has 1 aromatic carbocycles.